The summed E-state index contributed by atoms with van der Waals surface area (Å²) < 4.78 is 10.5. The first-order valence-corrected chi connectivity index (χ1v) is 6.57. The predicted octanol–water partition coefficient (Wildman–Crippen LogP) is 2.09. The van der Waals surface area contributed by atoms with Crippen molar-refractivity contribution in [3.63, 3.8) is 0 Å². The van der Waals surface area contributed by atoms with Gasteiger partial charge in [-0.1, -0.05) is 13.3 Å². The fraction of sp³-hybridized carbons (Fsp3) is 0.500. The van der Waals surface area contributed by atoms with Crippen LogP contribution in [0.5, 0.6) is 11.5 Å². The van der Waals surface area contributed by atoms with E-state index in [-0.39, 0.29) is 12.7 Å². The van der Waals surface area contributed by atoms with Gasteiger partial charge in [-0.3, -0.25) is 9.69 Å². The lowest BCUT2D eigenvalue weighted by Gasteiger charge is -2.15. The zero-order chi connectivity index (χ0) is 13.7. The van der Waals surface area contributed by atoms with Crippen LogP contribution >= 0.6 is 0 Å². The quantitative estimate of drug-likeness (QED) is 0.854. The van der Waals surface area contributed by atoms with Crippen LogP contribution in [0, 0.1) is 0 Å². The second-order valence-electron chi connectivity index (χ2n) is 4.71. The molecule has 1 aromatic rings. The van der Waals surface area contributed by atoms with E-state index in [1.54, 1.807) is 12.1 Å². The van der Waals surface area contributed by atoms with E-state index in [1.165, 1.54) is 0 Å². The van der Waals surface area contributed by atoms with Gasteiger partial charge in [0.05, 0.1) is 6.54 Å². The van der Waals surface area contributed by atoms with Crippen molar-refractivity contribution in [1.29, 1.82) is 0 Å². The molecule has 2 rings (SSSR count). The van der Waals surface area contributed by atoms with E-state index in [9.17, 15) is 4.79 Å². The molecule has 0 fully saturated rings. The van der Waals surface area contributed by atoms with Gasteiger partial charge < -0.3 is 14.8 Å². The fourth-order valence-electron chi connectivity index (χ4n) is 1.93. The number of ether oxygens (including phenoxy) is 2. The van der Waals surface area contributed by atoms with Crippen LogP contribution in [-0.2, 0) is 4.79 Å². The molecule has 1 aromatic carbocycles. The zero-order valence-electron chi connectivity index (χ0n) is 11.4. The summed E-state index contributed by atoms with van der Waals surface area (Å²) in [5.41, 5.74) is 0.734. The molecule has 1 amide bonds. The molecule has 104 valence electrons. The van der Waals surface area contributed by atoms with Crippen molar-refractivity contribution in [3.05, 3.63) is 18.2 Å². The molecule has 1 aliphatic rings. The van der Waals surface area contributed by atoms with Gasteiger partial charge in [-0.25, -0.2) is 0 Å². The maximum Gasteiger partial charge on any atom is 0.238 e. The van der Waals surface area contributed by atoms with Gasteiger partial charge in [0.2, 0.25) is 12.7 Å². The van der Waals surface area contributed by atoms with Gasteiger partial charge in [0.1, 0.15) is 0 Å². The predicted molar refractivity (Wildman–Crippen MR) is 73.6 cm³/mol. The number of carbonyl (C=O) groups is 1. The molecular formula is C14H20N2O3. The summed E-state index contributed by atoms with van der Waals surface area (Å²) in [5.74, 6) is 1.38. The number of benzene rings is 1. The van der Waals surface area contributed by atoms with Crippen LogP contribution in [0.25, 0.3) is 0 Å². The van der Waals surface area contributed by atoms with Gasteiger partial charge in [0.25, 0.3) is 0 Å². The van der Waals surface area contributed by atoms with Crippen LogP contribution in [0.4, 0.5) is 5.69 Å². The lowest BCUT2D eigenvalue weighted by atomic mass is 10.2. The number of likely N-dealkylation sites (N-methyl/N-ethyl adjacent to an activating group) is 1. The molecule has 0 radical (unpaired) electrons. The minimum Gasteiger partial charge on any atom is -0.454 e. The smallest absolute Gasteiger partial charge is 0.238 e. The Hall–Kier alpha value is -1.75. The molecule has 0 aliphatic carbocycles. The third-order valence-electron chi connectivity index (χ3n) is 2.96. The van der Waals surface area contributed by atoms with E-state index in [1.807, 2.05) is 18.0 Å². The van der Waals surface area contributed by atoms with Gasteiger partial charge in [-0.2, -0.15) is 0 Å². The number of nitrogens with zero attached hydrogens (tertiary/aromatic N) is 1. The summed E-state index contributed by atoms with van der Waals surface area (Å²) in [7, 11) is 1.95. The zero-order valence-corrected chi connectivity index (χ0v) is 11.4. The number of amides is 1. The summed E-state index contributed by atoms with van der Waals surface area (Å²) in [4.78, 5) is 13.9. The molecule has 1 heterocycles. The topological polar surface area (TPSA) is 50.8 Å². The molecule has 0 atom stereocenters. The number of anilines is 1. The number of hydrogen-bond donors (Lipinski definition) is 1. The van der Waals surface area contributed by atoms with Crippen molar-refractivity contribution < 1.29 is 14.3 Å². The molecule has 5 heteroatoms. The average molecular weight is 264 g/mol. The first-order valence-electron chi connectivity index (χ1n) is 6.57. The molecule has 0 saturated heterocycles. The van der Waals surface area contributed by atoms with Gasteiger partial charge in [0, 0.05) is 11.8 Å². The molecule has 1 aliphatic heterocycles. The molecule has 0 saturated carbocycles. The van der Waals surface area contributed by atoms with E-state index < -0.39 is 0 Å². The highest BCUT2D eigenvalue weighted by Crippen LogP contribution is 2.34. The Balaban J connectivity index is 1.85. The molecule has 0 bridgehead atoms. The van der Waals surface area contributed by atoms with Crippen molar-refractivity contribution in [1.82, 2.24) is 4.90 Å². The Labute approximate surface area is 113 Å². The maximum atomic E-state index is 11.9. The molecule has 1 N–H and O–H groups in total. The van der Waals surface area contributed by atoms with Gasteiger partial charge in [0.15, 0.2) is 11.5 Å². The van der Waals surface area contributed by atoms with Crippen LogP contribution in [0.2, 0.25) is 0 Å². The average Bonchev–Trinajstić information content (AvgIpc) is 2.83. The summed E-state index contributed by atoms with van der Waals surface area (Å²) in [5, 5.41) is 2.86. The molecular weight excluding hydrogens is 244 g/mol. The van der Waals surface area contributed by atoms with Crippen LogP contribution in [0.1, 0.15) is 19.8 Å². The molecule has 19 heavy (non-hydrogen) atoms. The number of fused-ring (bicyclic) bond motifs is 1. The highest BCUT2D eigenvalue weighted by molar-refractivity contribution is 5.92. The lowest BCUT2D eigenvalue weighted by molar-refractivity contribution is -0.117. The minimum absolute atomic E-state index is 0.0162. The summed E-state index contributed by atoms with van der Waals surface area (Å²) in [6, 6.07) is 5.41. The molecule has 0 spiro atoms. The van der Waals surface area contributed by atoms with Gasteiger partial charge in [-0.05, 0) is 32.1 Å². The van der Waals surface area contributed by atoms with Crippen LogP contribution in [0.15, 0.2) is 18.2 Å². The highest BCUT2D eigenvalue weighted by atomic mass is 16.7. The second-order valence-corrected chi connectivity index (χ2v) is 4.71. The van der Waals surface area contributed by atoms with Gasteiger partial charge >= 0.3 is 0 Å². The first-order chi connectivity index (χ1) is 9.19. The Kier molecular flexibility index (Phi) is 4.63. The Morgan fingerprint density at radius 2 is 2.16 bits per heavy atom. The normalized spacial score (nSPS) is 12.8. The van der Waals surface area contributed by atoms with E-state index in [2.05, 4.69) is 12.2 Å². The number of unbranched alkanes of at least 4 members (excludes halogenated alkanes) is 1. The Morgan fingerprint density at radius 1 is 1.37 bits per heavy atom. The maximum absolute atomic E-state index is 11.9. The van der Waals surface area contributed by atoms with Crippen molar-refractivity contribution in [2.45, 2.75) is 19.8 Å². The molecule has 5 nitrogen and oxygen atoms in total. The highest BCUT2D eigenvalue weighted by Gasteiger charge is 2.14. The van der Waals surface area contributed by atoms with E-state index in [0.717, 1.165) is 30.8 Å². The van der Waals surface area contributed by atoms with Crippen LogP contribution in [-0.4, -0.2) is 37.7 Å². The largest absolute Gasteiger partial charge is 0.454 e. The minimum atomic E-state index is -0.0162. The standard InChI is InChI=1S/C14H20N2O3/c1-3-4-7-16(2)9-14(17)15-11-5-6-12-13(8-11)19-10-18-12/h5-6,8H,3-4,7,9-10H2,1-2H3,(H,15,17). The number of rotatable bonds is 6. The monoisotopic (exact) mass is 264 g/mol. The van der Waals surface area contributed by atoms with Crippen LogP contribution in [0.3, 0.4) is 0 Å². The van der Waals surface area contributed by atoms with Crippen LogP contribution < -0.4 is 14.8 Å². The number of nitrogens with one attached hydrogen (secondary N) is 1. The molecule has 0 aromatic heterocycles. The summed E-state index contributed by atoms with van der Waals surface area (Å²) >= 11 is 0. The Bertz CT molecular complexity index is 448. The van der Waals surface area contributed by atoms with Crippen molar-refractivity contribution in [2.24, 2.45) is 0 Å². The third kappa shape index (κ3) is 3.86. The van der Waals surface area contributed by atoms with Crippen molar-refractivity contribution in [3.8, 4) is 11.5 Å². The lowest BCUT2D eigenvalue weighted by Crippen LogP contribution is -2.30. The SMILES string of the molecule is CCCCN(C)CC(=O)Nc1ccc2c(c1)OCO2. The Morgan fingerprint density at radius 3 is 2.95 bits per heavy atom. The van der Waals surface area contributed by atoms with E-state index in [4.69, 9.17) is 9.47 Å². The second kappa shape index (κ2) is 6.43. The number of hydrogen-bond acceptors (Lipinski definition) is 4. The van der Waals surface area contributed by atoms with Crippen molar-refractivity contribution in [2.75, 3.05) is 32.2 Å². The first kappa shape index (κ1) is 13.7. The molecule has 0 unspecified atom stereocenters. The summed E-state index contributed by atoms with van der Waals surface area (Å²) in [6.45, 7) is 3.71. The van der Waals surface area contributed by atoms with E-state index >= 15 is 0 Å². The van der Waals surface area contributed by atoms with E-state index in [0.29, 0.717) is 12.3 Å². The summed E-state index contributed by atoms with van der Waals surface area (Å²) in [6.07, 6.45) is 2.24. The third-order valence-corrected chi connectivity index (χ3v) is 2.96. The number of carbonyl (C=O) groups excluding carboxylic acids is 1. The fourth-order valence-corrected chi connectivity index (χ4v) is 1.93. The van der Waals surface area contributed by atoms with Gasteiger partial charge in [-0.15, -0.1) is 0 Å². The van der Waals surface area contributed by atoms with Crippen molar-refractivity contribution >= 4 is 11.6 Å².